The molecule has 0 aliphatic carbocycles. The van der Waals surface area contributed by atoms with Crippen LogP contribution in [-0.2, 0) is 4.74 Å². The van der Waals surface area contributed by atoms with Gasteiger partial charge in [-0.05, 0) is 48.2 Å². The Hall–Kier alpha value is -3.95. The zero-order valence-electron chi connectivity index (χ0n) is 19.7. The fourth-order valence-corrected chi connectivity index (χ4v) is 6.01. The molecule has 0 radical (unpaired) electrons. The number of nitrogens with one attached hydrogen (secondary N) is 2. The van der Waals surface area contributed by atoms with Gasteiger partial charge in [0.2, 0.25) is 0 Å². The van der Waals surface area contributed by atoms with Crippen molar-refractivity contribution in [2.45, 2.75) is 24.5 Å². The Morgan fingerprint density at radius 2 is 1.89 bits per heavy atom. The van der Waals surface area contributed by atoms with Crippen LogP contribution in [0.2, 0.25) is 0 Å². The molecule has 2 N–H and O–H groups in total. The van der Waals surface area contributed by atoms with E-state index >= 15 is 0 Å². The number of hydrogen-bond donors (Lipinski definition) is 2. The summed E-state index contributed by atoms with van der Waals surface area (Å²) in [6, 6.07) is 18.9. The molecule has 3 fully saturated rings. The predicted octanol–water partition coefficient (Wildman–Crippen LogP) is 3.68. The summed E-state index contributed by atoms with van der Waals surface area (Å²) >= 11 is 0. The molecule has 3 aromatic heterocycles. The van der Waals surface area contributed by atoms with E-state index in [1.807, 2.05) is 12.4 Å². The molecule has 180 valence electrons. The molecule has 36 heavy (non-hydrogen) atoms. The van der Waals surface area contributed by atoms with Crippen LogP contribution in [0.4, 0.5) is 17.2 Å². The van der Waals surface area contributed by atoms with Gasteiger partial charge in [0.25, 0.3) is 0 Å². The van der Waals surface area contributed by atoms with Crippen LogP contribution in [0.5, 0.6) is 0 Å². The standard InChI is InChI=1S/C27H26N8O/c1-2-18(9-24-17(1)7-8-28-24)25-13-35-27(29-16-30-35)26(32-25)31-19-3-5-20(6-4-19)33-11-22-10-21(33)12-34(22)23-14-36-15-23/h1-9,13,16,21-23,28H,10-12,14-15H2,(H,31,32). The van der Waals surface area contributed by atoms with E-state index in [4.69, 9.17) is 9.72 Å². The Balaban J connectivity index is 1.05. The highest BCUT2D eigenvalue weighted by Crippen LogP contribution is 2.37. The van der Waals surface area contributed by atoms with E-state index < -0.39 is 0 Å². The third-order valence-corrected chi connectivity index (χ3v) is 7.95. The second-order valence-corrected chi connectivity index (χ2v) is 10.0. The molecule has 2 unspecified atom stereocenters. The number of likely N-dealkylation sites (tertiary alicyclic amines) is 1. The lowest BCUT2D eigenvalue weighted by Gasteiger charge is -2.43. The van der Waals surface area contributed by atoms with Gasteiger partial charge in [-0.15, -0.1) is 0 Å². The number of piperazine rings is 1. The first-order valence-corrected chi connectivity index (χ1v) is 12.5. The maximum Gasteiger partial charge on any atom is 0.198 e. The van der Waals surface area contributed by atoms with Gasteiger partial charge in [0.05, 0.1) is 31.1 Å². The van der Waals surface area contributed by atoms with E-state index in [0.717, 1.165) is 48.8 Å². The topological polar surface area (TPSA) is 86.6 Å². The molecule has 6 heterocycles. The third-order valence-electron chi connectivity index (χ3n) is 7.95. The summed E-state index contributed by atoms with van der Waals surface area (Å²) in [5.74, 6) is 0.683. The Morgan fingerprint density at radius 1 is 0.972 bits per heavy atom. The highest BCUT2D eigenvalue weighted by molar-refractivity contribution is 5.84. The van der Waals surface area contributed by atoms with Gasteiger partial charge < -0.3 is 19.9 Å². The van der Waals surface area contributed by atoms with Gasteiger partial charge in [0, 0.05) is 53.8 Å². The lowest BCUT2D eigenvalue weighted by Crippen LogP contribution is -2.56. The number of hydrogen-bond acceptors (Lipinski definition) is 7. The summed E-state index contributed by atoms with van der Waals surface area (Å²) in [7, 11) is 0. The Kier molecular flexibility index (Phi) is 4.38. The van der Waals surface area contributed by atoms with Crippen LogP contribution >= 0.6 is 0 Å². The number of nitrogens with zero attached hydrogens (tertiary/aromatic N) is 6. The van der Waals surface area contributed by atoms with Crippen molar-refractivity contribution in [2.24, 2.45) is 0 Å². The van der Waals surface area contributed by atoms with Gasteiger partial charge in [0.1, 0.15) is 6.33 Å². The highest BCUT2D eigenvalue weighted by atomic mass is 16.5. The molecular formula is C27H26N8O. The average Bonchev–Trinajstić information content (AvgIpc) is 3.66. The van der Waals surface area contributed by atoms with Gasteiger partial charge in [0.15, 0.2) is 11.5 Å². The Bertz CT molecular complexity index is 1570. The number of H-pyrrole nitrogens is 1. The number of aromatic nitrogens is 5. The fourth-order valence-electron chi connectivity index (χ4n) is 6.01. The number of anilines is 3. The van der Waals surface area contributed by atoms with Crippen LogP contribution < -0.4 is 10.2 Å². The van der Waals surface area contributed by atoms with Crippen molar-refractivity contribution in [3.05, 3.63) is 67.3 Å². The van der Waals surface area contributed by atoms with E-state index in [1.165, 1.54) is 17.5 Å². The fraction of sp³-hybridized carbons (Fsp3) is 0.296. The minimum Gasteiger partial charge on any atom is -0.378 e. The normalized spacial score (nSPS) is 22.1. The minimum atomic E-state index is 0.598. The van der Waals surface area contributed by atoms with E-state index in [2.05, 4.69) is 78.7 Å². The summed E-state index contributed by atoms with van der Waals surface area (Å²) < 4.78 is 7.19. The van der Waals surface area contributed by atoms with Crippen molar-refractivity contribution < 1.29 is 4.74 Å². The Labute approximate surface area is 207 Å². The first-order chi connectivity index (χ1) is 17.8. The first-order valence-electron chi connectivity index (χ1n) is 12.5. The molecule has 9 heteroatoms. The number of aromatic amines is 1. The molecule has 0 amide bonds. The summed E-state index contributed by atoms with van der Waals surface area (Å²) in [6.45, 7) is 4.05. The molecule has 0 saturated carbocycles. The van der Waals surface area contributed by atoms with Gasteiger partial charge >= 0.3 is 0 Å². The SMILES string of the molecule is c1nc2c(Nc3ccc(N4CC5CC4CN5C4COC4)cc3)nc(-c3ccc4cc[nH]c4c3)cn2n1. The zero-order valence-corrected chi connectivity index (χ0v) is 19.7. The van der Waals surface area contributed by atoms with E-state index in [0.29, 0.717) is 29.6 Å². The lowest BCUT2D eigenvalue weighted by molar-refractivity contribution is -0.0708. The van der Waals surface area contributed by atoms with Gasteiger partial charge in [-0.3, -0.25) is 4.90 Å². The van der Waals surface area contributed by atoms with Crippen molar-refractivity contribution in [3.63, 3.8) is 0 Å². The summed E-state index contributed by atoms with van der Waals surface area (Å²) in [6.07, 6.45) is 6.69. The van der Waals surface area contributed by atoms with Crippen LogP contribution in [-0.4, -0.2) is 73.9 Å². The number of ether oxygens (including phenoxy) is 1. The Morgan fingerprint density at radius 3 is 2.69 bits per heavy atom. The molecule has 9 nitrogen and oxygen atoms in total. The molecule has 5 aromatic rings. The van der Waals surface area contributed by atoms with Crippen LogP contribution in [0, 0.1) is 0 Å². The van der Waals surface area contributed by atoms with E-state index in [1.54, 1.807) is 10.8 Å². The summed E-state index contributed by atoms with van der Waals surface area (Å²) in [4.78, 5) is 17.9. The second kappa shape index (κ2) is 7.78. The molecule has 2 aromatic carbocycles. The summed E-state index contributed by atoms with van der Waals surface area (Å²) in [5, 5.41) is 9.03. The minimum absolute atomic E-state index is 0.598. The predicted molar refractivity (Wildman–Crippen MR) is 139 cm³/mol. The van der Waals surface area contributed by atoms with Crippen LogP contribution in [0.15, 0.2) is 67.3 Å². The molecular weight excluding hydrogens is 452 g/mol. The van der Waals surface area contributed by atoms with Crippen LogP contribution in [0.1, 0.15) is 6.42 Å². The van der Waals surface area contributed by atoms with Crippen molar-refractivity contribution in [3.8, 4) is 11.3 Å². The van der Waals surface area contributed by atoms with Crippen molar-refractivity contribution in [1.29, 1.82) is 0 Å². The number of rotatable bonds is 5. The van der Waals surface area contributed by atoms with Crippen LogP contribution in [0.25, 0.3) is 27.8 Å². The first kappa shape index (κ1) is 20.3. The zero-order chi connectivity index (χ0) is 23.6. The second-order valence-electron chi connectivity index (χ2n) is 10.0. The third kappa shape index (κ3) is 3.20. The van der Waals surface area contributed by atoms with Crippen molar-refractivity contribution in [2.75, 3.05) is 36.5 Å². The highest BCUT2D eigenvalue weighted by Gasteiger charge is 2.47. The van der Waals surface area contributed by atoms with E-state index in [-0.39, 0.29) is 0 Å². The average molecular weight is 479 g/mol. The monoisotopic (exact) mass is 478 g/mol. The van der Waals surface area contributed by atoms with Gasteiger partial charge in [-0.2, -0.15) is 5.10 Å². The number of fused-ring (bicyclic) bond motifs is 4. The van der Waals surface area contributed by atoms with Crippen LogP contribution in [0.3, 0.4) is 0 Å². The smallest absolute Gasteiger partial charge is 0.198 e. The van der Waals surface area contributed by atoms with Gasteiger partial charge in [-0.25, -0.2) is 14.5 Å². The summed E-state index contributed by atoms with van der Waals surface area (Å²) in [5.41, 5.74) is 5.89. The molecule has 2 bridgehead atoms. The van der Waals surface area contributed by atoms with Crippen molar-refractivity contribution in [1.82, 2.24) is 29.5 Å². The molecule has 0 spiro atoms. The molecule has 3 aliphatic rings. The largest absolute Gasteiger partial charge is 0.378 e. The number of benzene rings is 2. The maximum absolute atomic E-state index is 5.42. The molecule has 8 rings (SSSR count). The molecule has 2 atom stereocenters. The lowest BCUT2D eigenvalue weighted by atomic mass is 10.1. The van der Waals surface area contributed by atoms with Crippen molar-refractivity contribution >= 4 is 33.7 Å². The molecule has 3 aliphatic heterocycles. The van der Waals surface area contributed by atoms with Gasteiger partial charge in [-0.1, -0.05) is 12.1 Å². The van der Waals surface area contributed by atoms with E-state index in [9.17, 15) is 0 Å². The molecule has 3 saturated heterocycles. The quantitative estimate of drug-likeness (QED) is 0.399. The maximum atomic E-state index is 5.42.